The number of nitrogens with zero attached hydrogens (tertiary/aromatic N) is 5. The van der Waals surface area contributed by atoms with Gasteiger partial charge >= 0.3 is 6.18 Å². The summed E-state index contributed by atoms with van der Waals surface area (Å²) >= 11 is 5.71. The first-order valence-corrected chi connectivity index (χ1v) is 13.3. The molecule has 1 N–H and O–H groups in total. The lowest BCUT2D eigenvalue weighted by Crippen LogP contribution is -2.57. The molecule has 1 spiro atoms. The summed E-state index contributed by atoms with van der Waals surface area (Å²) in [7, 11) is 0. The lowest BCUT2D eigenvalue weighted by molar-refractivity contribution is -0.138. The Hall–Kier alpha value is -3.43. The van der Waals surface area contributed by atoms with Crippen molar-refractivity contribution in [2.75, 3.05) is 22.9 Å². The van der Waals surface area contributed by atoms with Crippen molar-refractivity contribution in [3.63, 3.8) is 0 Å². The van der Waals surface area contributed by atoms with Gasteiger partial charge in [-0.05, 0) is 61.8 Å². The minimum absolute atomic E-state index is 0.00776. The maximum absolute atomic E-state index is 13.6. The number of benzene rings is 1. The van der Waals surface area contributed by atoms with Crippen molar-refractivity contribution in [1.29, 1.82) is 5.26 Å². The molecule has 1 unspecified atom stereocenters. The number of nitriles is 1. The van der Waals surface area contributed by atoms with Crippen LogP contribution in [0, 0.1) is 11.3 Å². The first kappa shape index (κ1) is 27.1. The Balaban J connectivity index is 1.36. The molecule has 3 aliphatic rings. The second-order valence-corrected chi connectivity index (χ2v) is 10.4. The zero-order chi connectivity index (χ0) is 27.9. The second-order valence-electron chi connectivity index (χ2n) is 10.1. The van der Waals surface area contributed by atoms with E-state index in [2.05, 4.69) is 4.98 Å². The Morgan fingerprint density at radius 1 is 1.23 bits per heavy atom. The summed E-state index contributed by atoms with van der Waals surface area (Å²) < 4.78 is 46.9. The highest BCUT2D eigenvalue weighted by atomic mass is 32.1. The average Bonchev–Trinajstić information content (AvgIpc) is 3.14. The van der Waals surface area contributed by atoms with E-state index in [0.717, 1.165) is 31.5 Å². The summed E-state index contributed by atoms with van der Waals surface area (Å²) in [5.74, 6) is 0.808. The van der Waals surface area contributed by atoms with Crippen molar-refractivity contribution < 1.29 is 27.8 Å². The molecule has 3 fully saturated rings. The van der Waals surface area contributed by atoms with Gasteiger partial charge in [0.25, 0.3) is 0 Å². The second kappa shape index (κ2) is 10.3. The third kappa shape index (κ3) is 4.78. The summed E-state index contributed by atoms with van der Waals surface area (Å²) in [6.07, 6.45) is -0.829. The van der Waals surface area contributed by atoms with E-state index < -0.39 is 29.2 Å². The highest BCUT2D eigenvalue weighted by molar-refractivity contribution is 7.80. The number of likely N-dealkylation sites (tertiary alicyclic amines) is 1. The first-order chi connectivity index (χ1) is 18.6. The van der Waals surface area contributed by atoms with Gasteiger partial charge in [0.1, 0.15) is 17.9 Å². The highest BCUT2D eigenvalue weighted by Crippen LogP contribution is 2.50. The van der Waals surface area contributed by atoms with Crippen molar-refractivity contribution in [2.24, 2.45) is 0 Å². The minimum Gasteiger partial charge on any atom is -0.490 e. The molecule has 1 atom stereocenters. The Bertz CT molecular complexity index is 1300. The van der Waals surface area contributed by atoms with Crippen LogP contribution < -0.4 is 14.5 Å². The largest absolute Gasteiger partial charge is 0.490 e. The summed E-state index contributed by atoms with van der Waals surface area (Å²) in [6, 6.07) is 9.57. The lowest BCUT2D eigenvalue weighted by Gasteiger charge is -2.46. The van der Waals surface area contributed by atoms with Gasteiger partial charge in [-0.1, -0.05) is 6.92 Å². The number of aliphatic hydroxyl groups excluding tert-OH is 1. The molecule has 1 aromatic heterocycles. The average molecular weight is 560 g/mol. The smallest absolute Gasteiger partial charge is 0.419 e. The Labute approximate surface area is 229 Å². The number of aromatic nitrogens is 1. The van der Waals surface area contributed by atoms with Crippen molar-refractivity contribution in [1.82, 2.24) is 9.88 Å². The van der Waals surface area contributed by atoms with Gasteiger partial charge < -0.3 is 19.6 Å². The summed E-state index contributed by atoms with van der Waals surface area (Å²) in [5, 5.41) is 20.6. The molecule has 2 saturated heterocycles. The molecule has 206 valence electrons. The number of piperidine rings is 1. The molecule has 1 aliphatic carbocycles. The van der Waals surface area contributed by atoms with E-state index in [1.165, 1.54) is 11.0 Å². The Morgan fingerprint density at radius 3 is 2.44 bits per heavy atom. The number of alkyl halides is 3. The number of pyridine rings is 1. The monoisotopic (exact) mass is 559 g/mol. The van der Waals surface area contributed by atoms with Crippen LogP contribution in [0.4, 0.5) is 24.5 Å². The molecule has 1 aromatic carbocycles. The molecule has 39 heavy (non-hydrogen) atoms. The number of ether oxygens (including phenoxy) is 1. The Kier molecular flexibility index (Phi) is 7.15. The van der Waals surface area contributed by atoms with Crippen LogP contribution in [0.3, 0.4) is 0 Å². The molecule has 1 amide bonds. The first-order valence-electron chi connectivity index (χ1n) is 12.9. The number of rotatable bonds is 5. The van der Waals surface area contributed by atoms with Gasteiger partial charge in [0.2, 0.25) is 5.91 Å². The zero-order valence-corrected chi connectivity index (χ0v) is 22.1. The standard InChI is InChI=1S/C27H28F3N5O3S/c1-2-23(36)33-12-8-20(9-13-33)38-19-6-4-17(5-7-19)35-25(39)34(24(37)26(35)10-3-11-26)18-14-21(27(28,29)30)22(15-31)32-16-18/h4-7,14,16,20,24,37H,2-3,8-13H2,1H3. The van der Waals surface area contributed by atoms with E-state index in [-0.39, 0.29) is 22.8 Å². The Morgan fingerprint density at radius 2 is 1.90 bits per heavy atom. The van der Waals surface area contributed by atoms with Crippen LogP contribution in [0.25, 0.3) is 0 Å². The normalized spacial score (nSPS) is 21.2. The fraction of sp³-hybridized carbons (Fsp3) is 0.481. The van der Waals surface area contributed by atoms with Crippen LogP contribution in [-0.2, 0) is 11.0 Å². The van der Waals surface area contributed by atoms with Crippen LogP contribution >= 0.6 is 12.2 Å². The fourth-order valence-electron chi connectivity index (χ4n) is 5.60. The predicted octanol–water partition coefficient (Wildman–Crippen LogP) is 4.60. The number of thiocarbonyl (C=S) groups is 1. The molecule has 3 heterocycles. The van der Waals surface area contributed by atoms with Gasteiger partial charge in [0, 0.05) is 38.0 Å². The summed E-state index contributed by atoms with van der Waals surface area (Å²) in [6.45, 7) is 3.17. The van der Waals surface area contributed by atoms with Gasteiger partial charge in [-0.3, -0.25) is 9.69 Å². The highest BCUT2D eigenvalue weighted by Gasteiger charge is 2.59. The van der Waals surface area contributed by atoms with Gasteiger partial charge in [-0.25, -0.2) is 4.98 Å². The number of carbonyl (C=O) groups is 1. The van der Waals surface area contributed by atoms with E-state index in [4.69, 9.17) is 22.2 Å². The molecular weight excluding hydrogens is 531 g/mol. The molecule has 0 bridgehead atoms. The van der Waals surface area contributed by atoms with Gasteiger partial charge in [-0.2, -0.15) is 18.4 Å². The van der Waals surface area contributed by atoms with E-state index in [1.807, 2.05) is 36.1 Å². The number of halogens is 3. The van der Waals surface area contributed by atoms with E-state index in [1.54, 1.807) is 4.90 Å². The molecular formula is C27H28F3N5O3S. The number of hydrogen-bond donors (Lipinski definition) is 1. The number of aliphatic hydroxyl groups is 1. The third-order valence-electron chi connectivity index (χ3n) is 7.84. The molecule has 0 radical (unpaired) electrons. The van der Waals surface area contributed by atoms with Crippen LogP contribution in [0.1, 0.15) is 56.7 Å². The third-order valence-corrected chi connectivity index (χ3v) is 8.22. The maximum Gasteiger partial charge on any atom is 0.419 e. The molecule has 1 saturated carbocycles. The number of hydrogen-bond acceptors (Lipinski definition) is 6. The molecule has 5 rings (SSSR count). The number of carbonyl (C=O) groups excluding carboxylic acids is 1. The van der Waals surface area contributed by atoms with Gasteiger partial charge in [0.15, 0.2) is 17.0 Å². The maximum atomic E-state index is 13.6. The van der Waals surface area contributed by atoms with E-state index in [0.29, 0.717) is 43.8 Å². The van der Waals surface area contributed by atoms with E-state index in [9.17, 15) is 23.1 Å². The minimum atomic E-state index is -4.79. The molecule has 2 aliphatic heterocycles. The molecule has 2 aromatic rings. The van der Waals surface area contributed by atoms with Gasteiger partial charge in [0.05, 0.1) is 23.0 Å². The van der Waals surface area contributed by atoms with Crippen molar-refractivity contribution >= 4 is 34.6 Å². The van der Waals surface area contributed by atoms with Crippen LogP contribution in [0.2, 0.25) is 0 Å². The van der Waals surface area contributed by atoms with Gasteiger partial charge in [-0.15, -0.1) is 0 Å². The SMILES string of the molecule is CCC(=O)N1CCC(Oc2ccc(N3C(=S)N(c4cnc(C#N)c(C(F)(F)F)c4)C(O)C34CCC4)cc2)CC1. The number of anilines is 2. The predicted molar refractivity (Wildman–Crippen MR) is 141 cm³/mol. The topological polar surface area (TPSA) is 92.9 Å². The molecule has 12 heteroatoms. The van der Waals surface area contributed by atoms with Crippen LogP contribution in [-0.4, -0.2) is 57.0 Å². The van der Waals surface area contributed by atoms with E-state index >= 15 is 0 Å². The van der Waals surface area contributed by atoms with Crippen molar-refractivity contribution in [3.8, 4) is 11.8 Å². The number of amides is 1. The molecule has 8 nitrogen and oxygen atoms in total. The summed E-state index contributed by atoms with van der Waals surface area (Å²) in [4.78, 5) is 20.6. The van der Waals surface area contributed by atoms with Crippen molar-refractivity contribution in [3.05, 3.63) is 47.8 Å². The van der Waals surface area contributed by atoms with Crippen LogP contribution in [0.15, 0.2) is 36.5 Å². The summed E-state index contributed by atoms with van der Waals surface area (Å²) in [5.41, 5.74) is -2.04. The lowest BCUT2D eigenvalue weighted by atomic mass is 9.74. The quantitative estimate of drug-likeness (QED) is 0.532. The van der Waals surface area contributed by atoms with Crippen LogP contribution in [0.5, 0.6) is 5.75 Å². The van der Waals surface area contributed by atoms with Crippen molar-refractivity contribution in [2.45, 2.75) is 69.5 Å². The zero-order valence-electron chi connectivity index (χ0n) is 21.3. The fourth-order valence-corrected chi connectivity index (χ4v) is 6.09.